The van der Waals surface area contributed by atoms with Gasteiger partial charge in [0.25, 0.3) is 5.91 Å². The molecule has 0 aliphatic rings. The first-order chi connectivity index (χ1) is 11.0. The van der Waals surface area contributed by atoms with Crippen molar-refractivity contribution in [2.24, 2.45) is 5.10 Å². The van der Waals surface area contributed by atoms with Crippen LogP contribution in [0, 0.1) is 13.8 Å². The van der Waals surface area contributed by atoms with Crippen LogP contribution in [0.5, 0.6) is 5.75 Å². The first kappa shape index (κ1) is 17.0. The third-order valence-corrected chi connectivity index (χ3v) is 3.62. The zero-order valence-electron chi connectivity index (χ0n) is 13.4. The number of hydrazone groups is 1. The smallest absolute Gasteiger partial charge is 0.277 e. The number of amides is 1. The van der Waals surface area contributed by atoms with Crippen molar-refractivity contribution in [1.82, 2.24) is 5.43 Å². The molecule has 0 fully saturated rings. The van der Waals surface area contributed by atoms with Crippen molar-refractivity contribution in [1.29, 1.82) is 0 Å². The summed E-state index contributed by atoms with van der Waals surface area (Å²) in [5.74, 6) is 0.432. The minimum atomic E-state index is -0.305. The summed E-state index contributed by atoms with van der Waals surface area (Å²) in [7, 11) is 0. The molecule has 2 aromatic rings. The zero-order chi connectivity index (χ0) is 16.8. The summed E-state index contributed by atoms with van der Waals surface area (Å²) in [6.07, 6.45) is 0. The lowest BCUT2D eigenvalue weighted by Gasteiger charge is -2.11. The van der Waals surface area contributed by atoms with Gasteiger partial charge in [-0.05, 0) is 49.6 Å². The van der Waals surface area contributed by atoms with Crippen molar-refractivity contribution in [3.63, 3.8) is 0 Å². The number of benzene rings is 2. The van der Waals surface area contributed by atoms with Crippen molar-refractivity contribution in [2.75, 3.05) is 6.61 Å². The molecule has 0 aliphatic heterocycles. The molecule has 1 amide bonds. The molecule has 2 rings (SSSR count). The number of hydrogen-bond acceptors (Lipinski definition) is 3. The molecule has 120 valence electrons. The number of carbonyl (C=O) groups excluding carboxylic acids is 1. The van der Waals surface area contributed by atoms with E-state index in [0.717, 1.165) is 22.4 Å². The number of halogens is 1. The minimum absolute atomic E-state index is 0.0803. The molecule has 23 heavy (non-hydrogen) atoms. The van der Waals surface area contributed by atoms with Crippen molar-refractivity contribution >= 4 is 23.2 Å². The predicted octanol–water partition coefficient (Wildman–Crippen LogP) is 3.88. The number of carbonyl (C=O) groups is 1. The summed E-state index contributed by atoms with van der Waals surface area (Å²) in [5.41, 5.74) is 6.08. The highest BCUT2D eigenvalue weighted by Gasteiger charge is 2.07. The lowest BCUT2D eigenvalue weighted by atomic mass is 10.1. The molecule has 1 N–H and O–H groups in total. The second kappa shape index (κ2) is 7.79. The fraction of sp³-hybridized carbons (Fsp3) is 0.222. The Labute approximate surface area is 141 Å². The Balaban J connectivity index is 1.92. The van der Waals surface area contributed by atoms with E-state index in [4.69, 9.17) is 16.3 Å². The van der Waals surface area contributed by atoms with Crippen LogP contribution in [-0.4, -0.2) is 18.2 Å². The molecule has 0 heterocycles. The van der Waals surface area contributed by atoms with Crippen molar-refractivity contribution < 1.29 is 9.53 Å². The number of nitrogens with zero attached hydrogens (tertiary/aromatic N) is 1. The van der Waals surface area contributed by atoms with Crippen LogP contribution in [0.1, 0.15) is 23.6 Å². The number of para-hydroxylation sites is 1. The second-order valence-corrected chi connectivity index (χ2v) is 5.69. The first-order valence-electron chi connectivity index (χ1n) is 7.25. The SMILES string of the molecule is CC(=NNC(=O)COc1c(C)cccc1C)c1ccc(Cl)cc1. The van der Waals surface area contributed by atoms with E-state index in [0.29, 0.717) is 10.7 Å². The van der Waals surface area contributed by atoms with Crippen LogP contribution >= 0.6 is 11.6 Å². The third kappa shape index (κ3) is 4.83. The molecule has 0 saturated heterocycles. The van der Waals surface area contributed by atoms with Gasteiger partial charge in [0.05, 0.1) is 5.71 Å². The molecule has 0 radical (unpaired) electrons. The van der Waals surface area contributed by atoms with Crippen LogP contribution in [0.3, 0.4) is 0 Å². The van der Waals surface area contributed by atoms with Gasteiger partial charge in [0, 0.05) is 5.02 Å². The Bertz CT molecular complexity index is 704. The van der Waals surface area contributed by atoms with E-state index in [-0.39, 0.29) is 12.5 Å². The number of nitrogens with one attached hydrogen (secondary N) is 1. The summed E-state index contributed by atoms with van der Waals surface area (Å²) < 4.78 is 5.58. The Hall–Kier alpha value is -2.33. The fourth-order valence-corrected chi connectivity index (χ4v) is 2.22. The number of ether oxygens (including phenoxy) is 1. The summed E-state index contributed by atoms with van der Waals surface area (Å²) in [4.78, 5) is 11.9. The highest BCUT2D eigenvalue weighted by Crippen LogP contribution is 2.21. The number of rotatable bonds is 5. The van der Waals surface area contributed by atoms with Gasteiger partial charge in [-0.2, -0.15) is 5.10 Å². The Morgan fingerprint density at radius 2 is 1.74 bits per heavy atom. The van der Waals surface area contributed by atoms with Gasteiger partial charge >= 0.3 is 0 Å². The van der Waals surface area contributed by atoms with Gasteiger partial charge in [0.1, 0.15) is 5.75 Å². The van der Waals surface area contributed by atoms with Gasteiger partial charge < -0.3 is 4.74 Å². The average molecular weight is 331 g/mol. The quantitative estimate of drug-likeness (QED) is 0.668. The Kier molecular flexibility index (Phi) is 5.77. The molecule has 0 saturated carbocycles. The van der Waals surface area contributed by atoms with Crippen LogP contribution in [0.2, 0.25) is 5.02 Å². The van der Waals surface area contributed by atoms with Gasteiger partial charge in [-0.3, -0.25) is 4.79 Å². The second-order valence-electron chi connectivity index (χ2n) is 5.25. The van der Waals surface area contributed by atoms with Crippen LogP contribution in [0.15, 0.2) is 47.6 Å². The molecule has 0 atom stereocenters. The standard InChI is InChI=1S/C18H19ClN2O2/c1-12-5-4-6-13(2)18(12)23-11-17(22)21-20-14(3)15-7-9-16(19)10-8-15/h4-10H,11H2,1-3H3,(H,21,22). The van der Waals surface area contributed by atoms with Crippen molar-refractivity contribution in [3.8, 4) is 5.75 Å². The summed E-state index contributed by atoms with van der Waals surface area (Å²) in [6, 6.07) is 13.1. The molecule has 0 aromatic heterocycles. The Morgan fingerprint density at radius 3 is 2.35 bits per heavy atom. The van der Waals surface area contributed by atoms with E-state index in [1.165, 1.54) is 0 Å². The topological polar surface area (TPSA) is 50.7 Å². The number of hydrogen-bond donors (Lipinski definition) is 1. The van der Waals surface area contributed by atoms with E-state index in [2.05, 4.69) is 10.5 Å². The van der Waals surface area contributed by atoms with Crippen LogP contribution in [0.25, 0.3) is 0 Å². The molecule has 0 unspecified atom stereocenters. The maximum atomic E-state index is 11.9. The zero-order valence-corrected chi connectivity index (χ0v) is 14.1. The maximum Gasteiger partial charge on any atom is 0.277 e. The number of aryl methyl sites for hydroxylation is 2. The highest BCUT2D eigenvalue weighted by atomic mass is 35.5. The van der Waals surface area contributed by atoms with Crippen LogP contribution in [0.4, 0.5) is 0 Å². The van der Waals surface area contributed by atoms with E-state index < -0.39 is 0 Å². The van der Waals surface area contributed by atoms with Crippen LogP contribution < -0.4 is 10.2 Å². The predicted molar refractivity (Wildman–Crippen MR) is 93.2 cm³/mol. The molecule has 0 bridgehead atoms. The van der Waals surface area contributed by atoms with Gasteiger partial charge in [0.15, 0.2) is 6.61 Å². The fourth-order valence-electron chi connectivity index (χ4n) is 2.10. The molecule has 4 nitrogen and oxygen atoms in total. The molecular weight excluding hydrogens is 312 g/mol. The average Bonchev–Trinajstić information content (AvgIpc) is 2.53. The van der Waals surface area contributed by atoms with Gasteiger partial charge in [-0.25, -0.2) is 5.43 Å². The molecule has 0 spiro atoms. The maximum absolute atomic E-state index is 11.9. The summed E-state index contributed by atoms with van der Waals surface area (Å²) in [5, 5.41) is 4.73. The van der Waals surface area contributed by atoms with E-state index in [1.807, 2.05) is 51.1 Å². The summed E-state index contributed by atoms with van der Waals surface area (Å²) in [6.45, 7) is 5.63. The molecule has 2 aromatic carbocycles. The first-order valence-corrected chi connectivity index (χ1v) is 7.63. The van der Waals surface area contributed by atoms with E-state index in [1.54, 1.807) is 12.1 Å². The van der Waals surface area contributed by atoms with Crippen molar-refractivity contribution in [2.45, 2.75) is 20.8 Å². The van der Waals surface area contributed by atoms with Crippen molar-refractivity contribution in [3.05, 3.63) is 64.2 Å². The largest absolute Gasteiger partial charge is 0.483 e. The molecular formula is C18H19ClN2O2. The lowest BCUT2D eigenvalue weighted by Crippen LogP contribution is -2.26. The Morgan fingerprint density at radius 1 is 1.13 bits per heavy atom. The highest BCUT2D eigenvalue weighted by molar-refractivity contribution is 6.30. The van der Waals surface area contributed by atoms with Gasteiger partial charge in [-0.15, -0.1) is 0 Å². The third-order valence-electron chi connectivity index (χ3n) is 3.37. The van der Waals surface area contributed by atoms with E-state index in [9.17, 15) is 4.79 Å². The monoisotopic (exact) mass is 330 g/mol. The normalized spacial score (nSPS) is 11.2. The van der Waals surface area contributed by atoms with Gasteiger partial charge in [-0.1, -0.05) is 41.9 Å². The minimum Gasteiger partial charge on any atom is -0.483 e. The summed E-state index contributed by atoms with van der Waals surface area (Å²) >= 11 is 5.84. The lowest BCUT2D eigenvalue weighted by molar-refractivity contribution is -0.123. The van der Waals surface area contributed by atoms with Gasteiger partial charge in [0.2, 0.25) is 0 Å². The molecule has 0 aliphatic carbocycles. The molecule has 5 heteroatoms. The van der Waals surface area contributed by atoms with E-state index >= 15 is 0 Å². The van der Waals surface area contributed by atoms with Crippen LogP contribution in [-0.2, 0) is 4.79 Å².